The van der Waals surface area contributed by atoms with Gasteiger partial charge in [0.15, 0.2) is 0 Å². The van der Waals surface area contributed by atoms with Crippen molar-refractivity contribution in [1.29, 1.82) is 0 Å². The summed E-state index contributed by atoms with van der Waals surface area (Å²) < 4.78 is 1.17. The number of hydrogen-bond donors (Lipinski definition) is 0. The summed E-state index contributed by atoms with van der Waals surface area (Å²) >= 11 is 9.48. The van der Waals surface area contributed by atoms with E-state index in [-0.39, 0.29) is 4.32 Å². The zero-order chi connectivity index (χ0) is 14.9. The van der Waals surface area contributed by atoms with Crippen LogP contribution in [0.5, 0.6) is 0 Å². The van der Waals surface area contributed by atoms with Gasteiger partial charge < -0.3 is 9.90 Å². The van der Waals surface area contributed by atoms with Crippen LogP contribution in [0.15, 0.2) is 33.6 Å². The molecule has 20 heavy (non-hydrogen) atoms. The van der Waals surface area contributed by atoms with Gasteiger partial charge in [-0.05, 0) is 30.7 Å². The van der Waals surface area contributed by atoms with Crippen molar-refractivity contribution in [3.63, 3.8) is 0 Å². The Balaban J connectivity index is 2.28. The lowest BCUT2D eigenvalue weighted by atomic mass is 10.2. The lowest BCUT2D eigenvalue weighted by Gasteiger charge is -2.23. The maximum Gasteiger partial charge on any atom is 0.266 e. The van der Waals surface area contributed by atoms with Gasteiger partial charge in [-0.3, -0.25) is 9.69 Å². The SMILES string of the molecule is C[C@@H](C(=O)[O-])N1C(=O)/C(=C\c2ccc(Br)cc2)SC1=S. The molecule has 1 saturated heterocycles. The smallest absolute Gasteiger partial charge is 0.266 e. The van der Waals surface area contributed by atoms with Crippen molar-refractivity contribution in [3.8, 4) is 0 Å². The topological polar surface area (TPSA) is 60.4 Å². The Kier molecular flexibility index (Phi) is 4.62. The summed E-state index contributed by atoms with van der Waals surface area (Å²) in [5, 5.41) is 10.9. The van der Waals surface area contributed by atoms with Gasteiger partial charge in [-0.2, -0.15) is 0 Å². The van der Waals surface area contributed by atoms with Crippen LogP contribution in [-0.4, -0.2) is 27.1 Å². The number of nitrogens with zero attached hydrogens (tertiary/aromatic N) is 1. The molecular formula is C13H9BrNO3S2-. The molecule has 0 unspecified atom stereocenters. The number of thiocarbonyl (C=S) groups is 1. The van der Waals surface area contributed by atoms with Crippen LogP contribution in [0.2, 0.25) is 0 Å². The number of benzene rings is 1. The standard InChI is InChI=1S/C13H10BrNO3S2/c1-7(12(17)18)15-11(16)10(20-13(15)19)6-8-2-4-9(14)5-3-8/h2-7H,1H3,(H,17,18)/p-1/b10-6+/t7-/m0/s1. The van der Waals surface area contributed by atoms with Crippen LogP contribution >= 0.6 is 39.9 Å². The number of rotatable bonds is 3. The fourth-order valence-corrected chi connectivity index (χ4v) is 3.31. The van der Waals surface area contributed by atoms with Crippen molar-refractivity contribution in [2.45, 2.75) is 13.0 Å². The molecule has 0 spiro atoms. The number of thioether (sulfide) groups is 1. The van der Waals surface area contributed by atoms with Crippen molar-refractivity contribution in [3.05, 3.63) is 39.2 Å². The summed E-state index contributed by atoms with van der Waals surface area (Å²) in [5.74, 6) is -1.73. The highest BCUT2D eigenvalue weighted by molar-refractivity contribution is 9.10. The van der Waals surface area contributed by atoms with Crippen LogP contribution in [-0.2, 0) is 9.59 Å². The van der Waals surface area contributed by atoms with Gasteiger partial charge in [0, 0.05) is 4.47 Å². The van der Waals surface area contributed by atoms with E-state index in [4.69, 9.17) is 12.2 Å². The number of carboxylic acids is 1. The molecule has 1 aromatic rings. The molecule has 0 aromatic heterocycles. The zero-order valence-corrected chi connectivity index (χ0v) is 13.5. The molecule has 1 atom stereocenters. The Morgan fingerprint density at radius 3 is 2.60 bits per heavy atom. The van der Waals surface area contributed by atoms with Crippen LogP contribution in [0.25, 0.3) is 6.08 Å². The molecule has 7 heteroatoms. The summed E-state index contributed by atoms with van der Waals surface area (Å²) in [6.07, 6.45) is 1.69. The summed E-state index contributed by atoms with van der Waals surface area (Å²) in [6.45, 7) is 1.38. The van der Waals surface area contributed by atoms with Crippen LogP contribution < -0.4 is 5.11 Å². The quantitative estimate of drug-likeness (QED) is 0.599. The minimum Gasteiger partial charge on any atom is -0.548 e. The number of aliphatic carboxylic acids is 1. The summed E-state index contributed by atoms with van der Waals surface area (Å²) in [4.78, 5) is 24.5. The lowest BCUT2D eigenvalue weighted by molar-refractivity contribution is -0.309. The number of carbonyl (C=O) groups is 2. The predicted octanol–water partition coefficient (Wildman–Crippen LogP) is 1.79. The van der Waals surface area contributed by atoms with E-state index >= 15 is 0 Å². The van der Waals surface area contributed by atoms with Crippen molar-refractivity contribution in [1.82, 2.24) is 4.90 Å². The van der Waals surface area contributed by atoms with Crippen molar-refractivity contribution in [2.75, 3.05) is 0 Å². The lowest BCUT2D eigenvalue weighted by Crippen LogP contribution is -2.48. The van der Waals surface area contributed by atoms with Gasteiger partial charge in [0.2, 0.25) is 0 Å². The molecule has 2 rings (SSSR count). The van der Waals surface area contributed by atoms with Gasteiger partial charge >= 0.3 is 0 Å². The maximum absolute atomic E-state index is 12.2. The third-order valence-electron chi connectivity index (χ3n) is 2.72. The van der Waals surface area contributed by atoms with E-state index < -0.39 is 17.9 Å². The molecule has 0 N–H and O–H groups in total. The molecule has 0 bridgehead atoms. The highest BCUT2D eigenvalue weighted by atomic mass is 79.9. The second kappa shape index (κ2) is 6.07. The normalized spacial score (nSPS) is 18.7. The van der Waals surface area contributed by atoms with E-state index in [1.165, 1.54) is 6.92 Å². The van der Waals surface area contributed by atoms with Crippen molar-refractivity contribution >= 4 is 62.2 Å². The first kappa shape index (κ1) is 15.2. The van der Waals surface area contributed by atoms with Gasteiger partial charge in [0.05, 0.1) is 16.9 Å². The first-order valence-corrected chi connectivity index (χ1v) is 7.65. The fourth-order valence-electron chi connectivity index (χ4n) is 1.63. The Morgan fingerprint density at radius 2 is 2.05 bits per heavy atom. The van der Waals surface area contributed by atoms with Crippen molar-refractivity contribution < 1.29 is 14.7 Å². The van der Waals surface area contributed by atoms with E-state index in [0.717, 1.165) is 26.7 Å². The minimum atomic E-state index is -1.33. The molecule has 0 aliphatic carbocycles. The van der Waals surface area contributed by atoms with Crippen LogP contribution in [0.3, 0.4) is 0 Å². The van der Waals surface area contributed by atoms with Gasteiger partial charge in [0.1, 0.15) is 4.32 Å². The molecule has 1 heterocycles. The molecule has 1 aromatic carbocycles. The number of amides is 1. The highest BCUT2D eigenvalue weighted by Crippen LogP contribution is 2.33. The van der Waals surface area contributed by atoms with E-state index in [1.807, 2.05) is 24.3 Å². The molecule has 1 amide bonds. The van der Waals surface area contributed by atoms with Crippen LogP contribution in [0.1, 0.15) is 12.5 Å². The maximum atomic E-state index is 12.2. The molecule has 0 saturated carbocycles. The fraction of sp³-hybridized carbons (Fsp3) is 0.154. The molecule has 104 valence electrons. The highest BCUT2D eigenvalue weighted by Gasteiger charge is 2.35. The summed E-state index contributed by atoms with van der Waals surface area (Å²) in [5.41, 5.74) is 0.842. The van der Waals surface area contributed by atoms with Crippen LogP contribution in [0.4, 0.5) is 0 Å². The Bertz CT molecular complexity index is 613. The molecule has 4 nitrogen and oxygen atoms in total. The summed E-state index contributed by atoms with van der Waals surface area (Å²) in [7, 11) is 0. The molecule has 1 fully saturated rings. The van der Waals surface area contributed by atoms with Gasteiger partial charge in [-0.15, -0.1) is 0 Å². The Morgan fingerprint density at radius 1 is 1.45 bits per heavy atom. The number of carbonyl (C=O) groups excluding carboxylic acids is 2. The molecule has 1 aliphatic heterocycles. The van der Waals surface area contributed by atoms with Crippen molar-refractivity contribution in [2.24, 2.45) is 0 Å². The van der Waals surface area contributed by atoms with E-state index in [1.54, 1.807) is 6.08 Å². The molecule has 0 radical (unpaired) electrons. The predicted molar refractivity (Wildman–Crippen MR) is 83.6 cm³/mol. The monoisotopic (exact) mass is 370 g/mol. The van der Waals surface area contributed by atoms with Gasteiger partial charge in [0.25, 0.3) is 5.91 Å². The Labute approximate surface area is 134 Å². The number of hydrogen-bond acceptors (Lipinski definition) is 5. The number of carboxylic acid groups (broad SMARTS) is 1. The summed E-state index contributed by atoms with van der Waals surface area (Å²) in [6, 6.07) is 6.34. The average molecular weight is 371 g/mol. The zero-order valence-electron chi connectivity index (χ0n) is 10.3. The second-order valence-corrected chi connectivity index (χ2v) is 6.69. The van der Waals surface area contributed by atoms with E-state index in [9.17, 15) is 14.7 Å². The minimum absolute atomic E-state index is 0.232. The second-order valence-electron chi connectivity index (χ2n) is 4.10. The Hall–Kier alpha value is -1.18. The third kappa shape index (κ3) is 3.11. The largest absolute Gasteiger partial charge is 0.548 e. The van der Waals surface area contributed by atoms with Crippen LogP contribution in [0, 0.1) is 0 Å². The number of halogens is 1. The molecule has 1 aliphatic rings. The van der Waals surface area contributed by atoms with E-state index in [0.29, 0.717) is 4.91 Å². The molecular weight excluding hydrogens is 362 g/mol. The third-order valence-corrected chi connectivity index (χ3v) is 4.58. The first-order chi connectivity index (χ1) is 9.40. The van der Waals surface area contributed by atoms with E-state index in [2.05, 4.69) is 15.9 Å². The van der Waals surface area contributed by atoms with Gasteiger partial charge in [-0.1, -0.05) is 52.0 Å². The van der Waals surface area contributed by atoms with Gasteiger partial charge in [-0.25, -0.2) is 0 Å². The first-order valence-electron chi connectivity index (χ1n) is 5.63. The average Bonchev–Trinajstić information content (AvgIpc) is 2.66.